The lowest BCUT2D eigenvalue weighted by Crippen LogP contribution is -2.54. The molecule has 28 heavy (non-hydrogen) atoms. The zero-order valence-corrected chi connectivity index (χ0v) is 17.0. The molecule has 11 heteroatoms. The van der Waals surface area contributed by atoms with E-state index in [1.54, 1.807) is 30.0 Å². The largest absolute Gasteiger partial charge is 0.500 e. The van der Waals surface area contributed by atoms with Crippen LogP contribution in [0.3, 0.4) is 0 Å². The summed E-state index contributed by atoms with van der Waals surface area (Å²) >= 11 is 1.76. The lowest BCUT2D eigenvalue weighted by molar-refractivity contribution is 0.00234. The molecule has 0 aromatic heterocycles. The molecule has 0 bridgehead atoms. The van der Waals surface area contributed by atoms with Crippen LogP contribution in [0.15, 0.2) is 35.6 Å². The average Bonchev–Trinajstić information content (AvgIpc) is 3.44. The van der Waals surface area contributed by atoms with E-state index in [4.69, 9.17) is 19.9 Å². The zero-order valence-electron chi connectivity index (χ0n) is 15.4. The number of likely N-dealkylation sites (tertiary alicyclic amines) is 1. The minimum absolute atomic E-state index is 0.112. The summed E-state index contributed by atoms with van der Waals surface area (Å²) in [6.45, 7) is 3.07. The SMILES string of the molecule is CCSC1CC(O)CN(C2=CC(OS(=O)(=O)O/C=C(\N)C#N)=CCC2)C12CO2. The third kappa shape index (κ3) is 4.57. The lowest BCUT2D eigenvalue weighted by Gasteiger charge is -2.44. The molecule has 3 N–H and O–H groups in total. The summed E-state index contributed by atoms with van der Waals surface area (Å²) in [6.07, 6.45) is 5.30. The molecule has 2 fully saturated rings. The van der Waals surface area contributed by atoms with Gasteiger partial charge in [0, 0.05) is 18.3 Å². The lowest BCUT2D eigenvalue weighted by atomic mass is 9.96. The Morgan fingerprint density at radius 2 is 2.39 bits per heavy atom. The molecule has 154 valence electrons. The molecule has 2 heterocycles. The number of nitrogens with two attached hydrogens (primary N) is 1. The van der Waals surface area contributed by atoms with Crippen molar-refractivity contribution in [3.63, 3.8) is 0 Å². The van der Waals surface area contributed by atoms with Gasteiger partial charge in [-0.05, 0) is 31.1 Å². The number of ether oxygens (including phenoxy) is 1. The number of aliphatic hydroxyl groups excluding tert-OH is 1. The Kier molecular flexibility index (Phi) is 6.14. The summed E-state index contributed by atoms with van der Waals surface area (Å²) in [5.41, 5.74) is 5.20. The van der Waals surface area contributed by atoms with Crippen LogP contribution in [-0.4, -0.2) is 54.4 Å². The van der Waals surface area contributed by atoms with Crippen molar-refractivity contribution < 1.29 is 26.6 Å². The number of nitrogens with zero attached hydrogens (tertiary/aromatic N) is 2. The number of hydrogen-bond donors (Lipinski definition) is 2. The Bertz CT molecular complexity index is 841. The van der Waals surface area contributed by atoms with Crippen LogP contribution in [0, 0.1) is 11.3 Å². The normalized spacial score (nSPS) is 30.3. The summed E-state index contributed by atoms with van der Waals surface area (Å²) in [6, 6.07) is 1.55. The quantitative estimate of drug-likeness (QED) is 0.343. The second-order valence-electron chi connectivity index (χ2n) is 6.63. The monoisotopic (exact) mass is 429 g/mol. The predicted molar refractivity (Wildman–Crippen MR) is 102 cm³/mol. The number of rotatable bonds is 7. The Morgan fingerprint density at radius 3 is 3.04 bits per heavy atom. The van der Waals surface area contributed by atoms with Gasteiger partial charge in [-0.15, -0.1) is 8.42 Å². The topological polar surface area (TPSA) is 138 Å². The number of β-amino-alcohol motifs (C(OH)–C–C–N with tert-alkyl or cyclic N) is 1. The molecule has 1 aliphatic carbocycles. The number of aliphatic hydroxyl groups is 1. The van der Waals surface area contributed by atoms with Gasteiger partial charge in [-0.25, -0.2) is 0 Å². The van der Waals surface area contributed by atoms with Crippen molar-refractivity contribution in [3.8, 4) is 6.07 Å². The van der Waals surface area contributed by atoms with Gasteiger partial charge in [0.2, 0.25) is 0 Å². The van der Waals surface area contributed by atoms with Crippen molar-refractivity contribution in [2.45, 2.75) is 43.3 Å². The van der Waals surface area contributed by atoms with Gasteiger partial charge in [-0.1, -0.05) is 6.92 Å². The fourth-order valence-electron chi connectivity index (χ4n) is 3.42. The summed E-state index contributed by atoms with van der Waals surface area (Å²) < 4.78 is 39.1. The molecule has 0 aromatic rings. The summed E-state index contributed by atoms with van der Waals surface area (Å²) in [4.78, 5) is 2.03. The molecule has 1 spiro atoms. The Morgan fingerprint density at radius 1 is 1.64 bits per heavy atom. The Balaban J connectivity index is 1.76. The van der Waals surface area contributed by atoms with E-state index in [9.17, 15) is 13.5 Å². The van der Waals surface area contributed by atoms with Crippen LogP contribution in [0.5, 0.6) is 0 Å². The highest BCUT2D eigenvalue weighted by atomic mass is 32.3. The van der Waals surface area contributed by atoms with Crippen LogP contribution in [0.1, 0.15) is 26.2 Å². The molecule has 0 radical (unpaired) electrons. The van der Waals surface area contributed by atoms with Crippen molar-refractivity contribution in [1.82, 2.24) is 4.90 Å². The van der Waals surface area contributed by atoms with E-state index < -0.39 is 27.9 Å². The maximum atomic E-state index is 11.9. The molecule has 9 nitrogen and oxygen atoms in total. The van der Waals surface area contributed by atoms with E-state index in [2.05, 4.69) is 11.1 Å². The number of allylic oxidation sites excluding steroid dienone is 4. The Labute approximate surface area is 168 Å². The molecule has 3 unspecified atom stereocenters. The molecule has 2 aliphatic heterocycles. The summed E-state index contributed by atoms with van der Waals surface area (Å²) in [5, 5.41) is 19.0. The van der Waals surface area contributed by atoms with Crippen LogP contribution in [0.25, 0.3) is 0 Å². The summed E-state index contributed by atoms with van der Waals surface area (Å²) in [7, 11) is -4.41. The van der Waals surface area contributed by atoms with Crippen LogP contribution < -0.4 is 5.73 Å². The minimum atomic E-state index is -4.41. The molecular weight excluding hydrogens is 406 g/mol. The second-order valence-corrected chi connectivity index (χ2v) is 9.29. The van der Waals surface area contributed by atoms with Gasteiger partial charge < -0.3 is 28.8 Å². The van der Waals surface area contributed by atoms with Crippen LogP contribution in [0.4, 0.5) is 0 Å². The Hall–Kier alpha value is -1.87. The van der Waals surface area contributed by atoms with Gasteiger partial charge in [0.1, 0.15) is 23.8 Å². The van der Waals surface area contributed by atoms with Crippen molar-refractivity contribution in [2.24, 2.45) is 5.73 Å². The third-order valence-electron chi connectivity index (χ3n) is 4.67. The van der Waals surface area contributed by atoms with Crippen molar-refractivity contribution >= 4 is 22.2 Å². The van der Waals surface area contributed by atoms with E-state index in [1.165, 1.54) is 0 Å². The number of thioether (sulfide) groups is 1. The highest BCUT2D eigenvalue weighted by molar-refractivity contribution is 7.99. The number of nitriles is 1. The van der Waals surface area contributed by atoms with E-state index in [-0.39, 0.29) is 11.0 Å². The van der Waals surface area contributed by atoms with Gasteiger partial charge in [0.05, 0.1) is 18.0 Å². The fourth-order valence-corrected chi connectivity index (χ4v) is 5.32. The van der Waals surface area contributed by atoms with Crippen molar-refractivity contribution in [2.75, 3.05) is 18.9 Å². The predicted octanol–water partition coefficient (Wildman–Crippen LogP) is 1.06. The van der Waals surface area contributed by atoms with Gasteiger partial charge in [-0.3, -0.25) is 0 Å². The van der Waals surface area contributed by atoms with Crippen molar-refractivity contribution in [3.05, 3.63) is 35.6 Å². The molecule has 3 aliphatic rings. The van der Waals surface area contributed by atoms with Crippen LogP contribution >= 0.6 is 11.8 Å². The molecule has 3 rings (SSSR count). The maximum absolute atomic E-state index is 11.9. The van der Waals surface area contributed by atoms with E-state index in [0.717, 1.165) is 11.4 Å². The second kappa shape index (κ2) is 8.24. The van der Waals surface area contributed by atoms with Crippen LogP contribution in [-0.2, 0) is 23.5 Å². The van der Waals surface area contributed by atoms with E-state index in [1.807, 2.05) is 4.90 Å². The molecule has 2 saturated heterocycles. The van der Waals surface area contributed by atoms with Gasteiger partial charge >= 0.3 is 10.4 Å². The highest BCUT2D eigenvalue weighted by Gasteiger charge is 2.60. The molecule has 0 aromatic carbocycles. The smallest absolute Gasteiger partial charge is 0.391 e. The molecular formula is C17H23N3O6S2. The van der Waals surface area contributed by atoms with E-state index >= 15 is 0 Å². The summed E-state index contributed by atoms with van der Waals surface area (Å²) in [5.74, 6) is 1.03. The first kappa shape index (κ1) is 20.9. The highest BCUT2D eigenvalue weighted by Crippen LogP contribution is 2.48. The van der Waals surface area contributed by atoms with Gasteiger partial charge in [0.15, 0.2) is 5.72 Å². The molecule has 0 amide bonds. The van der Waals surface area contributed by atoms with Crippen LogP contribution in [0.2, 0.25) is 0 Å². The number of epoxide rings is 1. The van der Waals surface area contributed by atoms with Crippen molar-refractivity contribution in [1.29, 1.82) is 5.26 Å². The zero-order chi connectivity index (χ0) is 20.4. The molecule has 3 atom stereocenters. The van der Waals surface area contributed by atoms with Gasteiger partial charge in [0.25, 0.3) is 0 Å². The first-order valence-electron chi connectivity index (χ1n) is 8.90. The third-order valence-corrected chi connectivity index (χ3v) is 6.69. The minimum Gasteiger partial charge on any atom is -0.391 e. The van der Waals surface area contributed by atoms with Gasteiger partial charge in [-0.2, -0.15) is 17.0 Å². The fraction of sp³-hybridized carbons (Fsp3) is 0.588. The maximum Gasteiger partial charge on any atom is 0.500 e. The molecule has 0 saturated carbocycles. The number of piperidine rings is 1. The standard InChI is InChI=1S/C17H23N3O6S2/c1-2-27-16-7-14(21)9-20(17(16)11-24-17)13-4-3-5-15(6-13)26-28(22,23)25-10-12(19)8-18/h5-6,10,14,16,21H,2-4,7,9,11,19H2,1H3/b12-10-. The van der Waals surface area contributed by atoms with E-state index in [0.29, 0.717) is 38.7 Å². The first-order chi connectivity index (χ1) is 13.3. The number of hydrogen-bond acceptors (Lipinski definition) is 10. The average molecular weight is 430 g/mol. The first-order valence-corrected chi connectivity index (χ1v) is 11.3.